The average molecular weight is 418 g/mol. The summed E-state index contributed by atoms with van der Waals surface area (Å²) in [6, 6.07) is 6.20. The zero-order valence-electron chi connectivity index (χ0n) is 15.8. The molecular weight excluding hydrogens is 390 g/mol. The highest BCUT2D eigenvalue weighted by Crippen LogP contribution is 2.31. The van der Waals surface area contributed by atoms with Crippen LogP contribution in [0.1, 0.15) is 30.6 Å². The van der Waals surface area contributed by atoms with E-state index in [1.807, 2.05) is 13.8 Å². The van der Waals surface area contributed by atoms with Crippen LogP contribution in [0.5, 0.6) is 0 Å². The second-order valence-electron chi connectivity index (χ2n) is 7.65. The summed E-state index contributed by atoms with van der Waals surface area (Å²) in [6.45, 7) is 6.97. The smallest absolute Gasteiger partial charge is 0.254 e. The highest BCUT2D eigenvalue weighted by Gasteiger charge is 2.38. The van der Waals surface area contributed by atoms with Crippen molar-refractivity contribution in [2.45, 2.75) is 31.2 Å². The minimum absolute atomic E-state index is 0. The van der Waals surface area contributed by atoms with Crippen LogP contribution in [0.2, 0.25) is 0 Å². The van der Waals surface area contributed by atoms with Crippen LogP contribution in [0.25, 0.3) is 0 Å². The Hall–Kier alpha value is -1.19. The zero-order valence-corrected chi connectivity index (χ0v) is 17.4. The van der Waals surface area contributed by atoms with E-state index in [4.69, 9.17) is 10.5 Å². The lowest BCUT2D eigenvalue weighted by atomic mass is 9.81. The Kier molecular flexibility index (Phi) is 6.91. The Labute approximate surface area is 167 Å². The van der Waals surface area contributed by atoms with Crippen LogP contribution >= 0.6 is 12.4 Å². The van der Waals surface area contributed by atoms with Crippen LogP contribution in [0.15, 0.2) is 29.2 Å². The topological polar surface area (TPSA) is 92.9 Å². The van der Waals surface area contributed by atoms with Gasteiger partial charge in [-0.05, 0) is 36.1 Å². The summed E-state index contributed by atoms with van der Waals surface area (Å²) < 4.78 is 32.6. The van der Waals surface area contributed by atoms with Crippen molar-refractivity contribution in [2.24, 2.45) is 11.1 Å². The van der Waals surface area contributed by atoms with Crippen LogP contribution in [-0.4, -0.2) is 69.0 Å². The van der Waals surface area contributed by atoms with E-state index < -0.39 is 10.0 Å². The molecule has 0 aliphatic carbocycles. The molecule has 3 rings (SSSR count). The lowest BCUT2D eigenvalue weighted by molar-refractivity contribution is 0.0303. The van der Waals surface area contributed by atoms with Gasteiger partial charge in [0.1, 0.15) is 0 Å². The average Bonchev–Trinajstić information content (AvgIpc) is 2.64. The number of hydrogen-bond donors (Lipinski definition) is 1. The molecule has 2 N–H and O–H groups in total. The van der Waals surface area contributed by atoms with Gasteiger partial charge in [-0.25, -0.2) is 8.42 Å². The number of halogens is 1. The van der Waals surface area contributed by atoms with Crippen molar-refractivity contribution in [3.05, 3.63) is 29.8 Å². The third-order valence-electron chi connectivity index (χ3n) is 5.31. The van der Waals surface area contributed by atoms with Crippen LogP contribution in [0, 0.1) is 5.41 Å². The van der Waals surface area contributed by atoms with E-state index in [0.717, 1.165) is 0 Å². The fourth-order valence-corrected chi connectivity index (χ4v) is 5.02. The number of piperidine rings is 1. The van der Waals surface area contributed by atoms with Crippen molar-refractivity contribution >= 4 is 28.3 Å². The molecule has 2 aliphatic rings. The monoisotopic (exact) mass is 417 g/mol. The highest BCUT2D eigenvalue weighted by atomic mass is 35.5. The number of benzene rings is 1. The second kappa shape index (κ2) is 8.45. The summed E-state index contributed by atoms with van der Waals surface area (Å²) in [5, 5.41) is 0. The number of hydrogen-bond acceptors (Lipinski definition) is 5. The number of morpholine rings is 1. The molecule has 152 valence electrons. The Morgan fingerprint density at radius 1 is 1.15 bits per heavy atom. The first-order valence-electron chi connectivity index (χ1n) is 8.95. The first-order chi connectivity index (χ1) is 12.2. The SMILES string of the molecule is CC1(C)CN(S(=O)(=O)c2ccc(C(=O)N3CCOCC3)cc2)CCC1N.Cl. The van der Waals surface area contributed by atoms with Crippen molar-refractivity contribution in [1.82, 2.24) is 9.21 Å². The molecule has 27 heavy (non-hydrogen) atoms. The van der Waals surface area contributed by atoms with E-state index in [9.17, 15) is 13.2 Å². The predicted octanol–water partition coefficient (Wildman–Crippen LogP) is 1.33. The van der Waals surface area contributed by atoms with E-state index in [0.29, 0.717) is 51.4 Å². The summed E-state index contributed by atoms with van der Waals surface area (Å²) in [5.74, 6) is -0.0951. The minimum atomic E-state index is -3.59. The Bertz CT molecular complexity index is 761. The quantitative estimate of drug-likeness (QED) is 0.800. The van der Waals surface area contributed by atoms with Crippen LogP contribution in [0.3, 0.4) is 0 Å². The predicted molar refractivity (Wildman–Crippen MR) is 106 cm³/mol. The summed E-state index contributed by atoms with van der Waals surface area (Å²) in [4.78, 5) is 14.4. The molecule has 1 aromatic rings. The molecule has 0 spiro atoms. The maximum atomic E-state index is 12.9. The molecule has 2 heterocycles. The van der Waals surface area contributed by atoms with Crippen molar-refractivity contribution < 1.29 is 17.9 Å². The lowest BCUT2D eigenvalue weighted by Gasteiger charge is -2.41. The number of rotatable bonds is 3. The maximum Gasteiger partial charge on any atom is 0.254 e. The molecule has 1 aromatic carbocycles. The van der Waals surface area contributed by atoms with Gasteiger partial charge in [0.2, 0.25) is 10.0 Å². The molecule has 0 radical (unpaired) electrons. The van der Waals surface area contributed by atoms with Gasteiger partial charge in [-0.2, -0.15) is 4.31 Å². The molecule has 7 nitrogen and oxygen atoms in total. The van der Waals surface area contributed by atoms with Gasteiger partial charge in [-0.15, -0.1) is 12.4 Å². The van der Waals surface area contributed by atoms with Gasteiger partial charge in [0.15, 0.2) is 0 Å². The fourth-order valence-electron chi connectivity index (χ4n) is 3.40. The molecule has 2 fully saturated rings. The highest BCUT2D eigenvalue weighted by molar-refractivity contribution is 7.89. The van der Waals surface area contributed by atoms with Gasteiger partial charge in [0, 0.05) is 37.8 Å². The normalized spacial score (nSPS) is 23.5. The third kappa shape index (κ3) is 4.63. The fraction of sp³-hybridized carbons (Fsp3) is 0.611. The molecule has 1 unspecified atom stereocenters. The molecule has 1 amide bonds. The van der Waals surface area contributed by atoms with Crippen LogP contribution < -0.4 is 5.73 Å². The number of carbonyl (C=O) groups excluding carboxylic acids is 1. The second-order valence-corrected chi connectivity index (χ2v) is 9.59. The van der Waals surface area contributed by atoms with Crippen LogP contribution in [0.4, 0.5) is 0 Å². The Morgan fingerprint density at radius 2 is 1.74 bits per heavy atom. The summed E-state index contributed by atoms with van der Waals surface area (Å²) in [5.41, 5.74) is 6.33. The van der Waals surface area contributed by atoms with Gasteiger partial charge in [0.25, 0.3) is 5.91 Å². The van der Waals surface area contributed by atoms with Crippen molar-refractivity contribution in [2.75, 3.05) is 39.4 Å². The van der Waals surface area contributed by atoms with Gasteiger partial charge in [-0.1, -0.05) is 13.8 Å². The zero-order chi connectivity index (χ0) is 18.9. The number of nitrogens with zero attached hydrogens (tertiary/aromatic N) is 2. The summed E-state index contributed by atoms with van der Waals surface area (Å²) >= 11 is 0. The molecule has 0 aromatic heterocycles. The number of nitrogens with two attached hydrogens (primary N) is 1. The molecule has 0 saturated carbocycles. The van der Waals surface area contributed by atoms with Crippen molar-refractivity contribution in [1.29, 1.82) is 0 Å². The molecule has 1 atom stereocenters. The first kappa shape index (κ1) is 22.1. The van der Waals surface area contributed by atoms with Crippen molar-refractivity contribution in [3.63, 3.8) is 0 Å². The van der Waals surface area contributed by atoms with E-state index >= 15 is 0 Å². The Balaban J connectivity index is 0.00000261. The number of ether oxygens (including phenoxy) is 1. The third-order valence-corrected chi connectivity index (χ3v) is 7.17. The standard InChI is InChI=1S/C18H27N3O4S.ClH/c1-18(2)13-21(8-7-16(18)19)26(23,24)15-5-3-14(4-6-15)17(22)20-9-11-25-12-10-20;/h3-6,16H,7-13,19H2,1-2H3;1H. The first-order valence-corrected chi connectivity index (χ1v) is 10.4. The number of carbonyl (C=O) groups is 1. The summed E-state index contributed by atoms with van der Waals surface area (Å²) in [7, 11) is -3.59. The van der Waals surface area contributed by atoms with Gasteiger partial charge in [-0.3, -0.25) is 4.79 Å². The largest absolute Gasteiger partial charge is 0.378 e. The Morgan fingerprint density at radius 3 is 2.30 bits per heavy atom. The van der Waals surface area contributed by atoms with Crippen LogP contribution in [-0.2, 0) is 14.8 Å². The molecule has 0 bridgehead atoms. The van der Waals surface area contributed by atoms with E-state index in [1.54, 1.807) is 17.0 Å². The molecule has 2 aliphatic heterocycles. The van der Waals surface area contributed by atoms with E-state index in [-0.39, 0.29) is 34.7 Å². The maximum absolute atomic E-state index is 12.9. The van der Waals surface area contributed by atoms with Crippen molar-refractivity contribution in [3.8, 4) is 0 Å². The minimum Gasteiger partial charge on any atom is -0.378 e. The van der Waals surface area contributed by atoms with Gasteiger partial charge < -0.3 is 15.4 Å². The van der Waals surface area contributed by atoms with Gasteiger partial charge in [0.05, 0.1) is 18.1 Å². The van der Waals surface area contributed by atoms with E-state index in [2.05, 4.69) is 0 Å². The number of sulfonamides is 1. The number of amides is 1. The van der Waals surface area contributed by atoms with E-state index in [1.165, 1.54) is 16.4 Å². The summed E-state index contributed by atoms with van der Waals surface area (Å²) in [6.07, 6.45) is 0.639. The molecular formula is C18H28ClN3O4S. The van der Waals surface area contributed by atoms with Gasteiger partial charge >= 0.3 is 0 Å². The lowest BCUT2D eigenvalue weighted by Crippen LogP contribution is -2.53. The molecule has 2 saturated heterocycles. The molecule has 9 heteroatoms.